The maximum atomic E-state index is 12.8. The molecule has 0 saturated carbocycles. The van der Waals surface area contributed by atoms with Crippen molar-refractivity contribution in [2.75, 3.05) is 20.3 Å². The molecule has 0 atom stereocenters. The highest BCUT2D eigenvalue weighted by Gasteiger charge is 2.18. The Morgan fingerprint density at radius 1 is 1.00 bits per heavy atom. The Bertz CT molecular complexity index is 924. The second-order valence-corrected chi connectivity index (χ2v) is 6.06. The summed E-state index contributed by atoms with van der Waals surface area (Å²) in [6, 6.07) is 14.7. The lowest BCUT2D eigenvalue weighted by Gasteiger charge is -2.17. The maximum Gasteiger partial charge on any atom is 0.254 e. The van der Waals surface area contributed by atoms with Gasteiger partial charge in [-0.05, 0) is 44.2 Å². The summed E-state index contributed by atoms with van der Waals surface area (Å²) in [6.07, 6.45) is 0. The molecule has 1 aromatic heterocycles. The predicted octanol–water partition coefficient (Wildman–Crippen LogP) is 3.81. The SMILES string of the molecule is CCOc1ccc(C(=O)N(C)Cc2nnc(-c3ccccc3)o2)cc1OCC. The first kappa shape index (κ1) is 19.4. The molecule has 0 spiro atoms. The molecule has 0 unspecified atom stereocenters. The number of hydrogen-bond donors (Lipinski definition) is 0. The third-order valence-corrected chi connectivity index (χ3v) is 4.00. The number of nitrogens with zero attached hydrogens (tertiary/aromatic N) is 3. The smallest absolute Gasteiger partial charge is 0.254 e. The zero-order chi connectivity index (χ0) is 19.9. The molecule has 1 amide bonds. The average molecular weight is 381 g/mol. The van der Waals surface area contributed by atoms with Crippen LogP contribution >= 0.6 is 0 Å². The molecular formula is C21H23N3O4. The van der Waals surface area contributed by atoms with Crippen LogP contribution in [0.4, 0.5) is 0 Å². The fourth-order valence-electron chi connectivity index (χ4n) is 2.69. The van der Waals surface area contributed by atoms with Crippen LogP contribution in [-0.2, 0) is 6.54 Å². The summed E-state index contributed by atoms with van der Waals surface area (Å²) in [7, 11) is 1.69. The summed E-state index contributed by atoms with van der Waals surface area (Å²) < 4.78 is 16.8. The molecular weight excluding hydrogens is 358 g/mol. The minimum absolute atomic E-state index is 0.177. The molecule has 0 aliphatic rings. The molecule has 0 saturated heterocycles. The van der Waals surface area contributed by atoms with Gasteiger partial charge in [0, 0.05) is 18.2 Å². The predicted molar refractivity (Wildman–Crippen MR) is 104 cm³/mol. The van der Waals surface area contributed by atoms with Gasteiger partial charge in [0.05, 0.1) is 19.8 Å². The summed E-state index contributed by atoms with van der Waals surface area (Å²) in [5, 5.41) is 8.09. The quantitative estimate of drug-likeness (QED) is 0.590. The van der Waals surface area contributed by atoms with Gasteiger partial charge in [0.2, 0.25) is 11.8 Å². The van der Waals surface area contributed by atoms with E-state index in [0.717, 1.165) is 5.56 Å². The van der Waals surface area contributed by atoms with Crippen LogP contribution in [0.3, 0.4) is 0 Å². The van der Waals surface area contributed by atoms with Gasteiger partial charge in [-0.25, -0.2) is 0 Å². The second-order valence-electron chi connectivity index (χ2n) is 6.06. The van der Waals surface area contributed by atoms with Crippen LogP contribution in [0.5, 0.6) is 11.5 Å². The summed E-state index contributed by atoms with van der Waals surface area (Å²) in [5.41, 5.74) is 1.33. The minimum Gasteiger partial charge on any atom is -0.490 e. The van der Waals surface area contributed by atoms with Gasteiger partial charge >= 0.3 is 0 Å². The van der Waals surface area contributed by atoms with E-state index >= 15 is 0 Å². The molecule has 28 heavy (non-hydrogen) atoms. The van der Waals surface area contributed by atoms with E-state index in [4.69, 9.17) is 13.9 Å². The fraction of sp³-hybridized carbons (Fsp3) is 0.286. The van der Waals surface area contributed by atoms with E-state index in [0.29, 0.717) is 42.1 Å². The number of carbonyl (C=O) groups excluding carboxylic acids is 1. The standard InChI is InChI=1S/C21H23N3O4/c1-4-26-17-12-11-16(13-18(17)27-5-2)21(25)24(3)14-19-22-23-20(28-19)15-9-7-6-8-10-15/h6-13H,4-5,14H2,1-3H3. The zero-order valence-corrected chi connectivity index (χ0v) is 16.2. The van der Waals surface area contributed by atoms with Gasteiger partial charge in [-0.15, -0.1) is 10.2 Å². The van der Waals surface area contributed by atoms with E-state index in [2.05, 4.69) is 10.2 Å². The van der Waals surface area contributed by atoms with E-state index in [1.54, 1.807) is 25.2 Å². The second kappa shape index (κ2) is 9.03. The van der Waals surface area contributed by atoms with Crippen molar-refractivity contribution in [3.63, 3.8) is 0 Å². The number of hydrogen-bond acceptors (Lipinski definition) is 6. The number of carbonyl (C=O) groups is 1. The van der Waals surface area contributed by atoms with E-state index < -0.39 is 0 Å². The molecule has 2 aromatic carbocycles. The lowest BCUT2D eigenvalue weighted by molar-refractivity contribution is 0.0772. The van der Waals surface area contributed by atoms with Crippen LogP contribution in [0.15, 0.2) is 52.9 Å². The first-order valence-electron chi connectivity index (χ1n) is 9.15. The molecule has 0 bridgehead atoms. The largest absolute Gasteiger partial charge is 0.490 e. The van der Waals surface area contributed by atoms with Crippen LogP contribution in [-0.4, -0.2) is 41.3 Å². The Hall–Kier alpha value is -3.35. The number of rotatable bonds is 8. The fourth-order valence-corrected chi connectivity index (χ4v) is 2.69. The normalized spacial score (nSPS) is 10.5. The maximum absolute atomic E-state index is 12.8. The Labute approximate surface area is 163 Å². The van der Waals surface area contributed by atoms with E-state index in [1.165, 1.54) is 4.90 Å². The van der Waals surface area contributed by atoms with Crippen LogP contribution in [0.25, 0.3) is 11.5 Å². The highest BCUT2D eigenvalue weighted by molar-refractivity contribution is 5.94. The molecule has 3 rings (SSSR count). The molecule has 0 N–H and O–H groups in total. The molecule has 3 aromatic rings. The van der Waals surface area contributed by atoms with Crippen LogP contribution in [0, 0.1) is 0 Å². The van der Waals surface area contributed by atoms with Gasteiger partial charge in [0.1, 0.15) is 0 Å². The monoisotopic (exact) mass is 381 g/mol. The van der Waals surface area contributed by atoms with Crippen molar-refractivity contribution in [1.29, 1.82) is 0 Å². The summed E-state index contributed by atoms with van der Waals surface area (Å²) >= 11 is 0. The van der Waals surface area contributed by atoms with Crippen LogP contribution in [0.1, 0.15) is 30.1 Å². The molecule has 7 heteroatoms. The third-order valence-electron chi connectivity index (χ3n) is 4.00. The van der Waals surface area contributed by atoms with Gasteiger partial charge in [-0.1, -0.05) is 18.2 Å². The summed E-state index contributed by atoms with van der Waals surface area (Å²) in [4.78, 5) is 14.3. The van der Waals surface area contributed by atoms with Gasteiger partial charge in [-0.3, -0.25) is 4.79 Å². The van der Waals surface area contributed by atoms with Crippen molar-refractivity contribution in [2.24, 2.45) is 0 Å². The van der Waals surface area contributed by atoms with E-state index in [-0.39, 0.29) is 12.5 Å². The average Bonchev–Trinajstić information content (AvgIpc) is 3.18. The van der Waals surface area contributed by atoms with E-state index in [9.17, 15) is 4.79 Å². The molecule has 1 heterocycles. The summed E-state index contributed by atoms with van der Waals surface area (Å²) in [6.45, 7) is 4.99. The van der Waals surface area contributed by atoms with Crippen molar-refractivity contribution in [2.45, 2.75) is 20.4 Å². The Morgan fingerprint density at radius 3 is 2.43 bits per heavy atom. The molecule has 0 aliphatic carbocycles. The van der Waals surface area contributed by atoms with Crippen molar-refractivity contribution in [3.8, 4) is 23.0 Å². The van der Waals surface area contributed by atoms with Gasteiger partial charge in [-0.2, -0.15) is 0 Å². The van der Waals surface area contributed by atoms with Crippen LogP contribution in [0.2, 0.25) is 0 Å². The van der Waals surface area contributed by atoms with E-state index in [1.807, 2.05) is 44.2 Å². The molecule has 0 fully saturated rings. The Kier molecular flexibility index (Phi) is 6.26. The molecule has 0 aliphatic heterocycles. The Morgan fingerprint density at radius 2 is 1.71 bits per heavy atom. The minimum atomic E-state index is -0.177. The van der Waals surface area contributed by atoms with Crippen molar-refractivity contribution < 1.29 is 18.7 Å². The van der Waals surface area contributed by atoms with Crippen molar-refractivity contribution in [3.05, 3.63) is 60.0 Å². The lowest BCUT2D eigenvalue weighted by Crippen LogP contribution is -2.26. The zero-order valence-electron chi connectivity index (χ0n) is 16.2. The molecule has 146 valence electrons. The van der Waals surface area contributed by atoms with Gasteiger partial charge < -0.3 is 18.8 Å². The summed E-state index contributed by atoms with van der Waals surface area (Å²) in [5.74, 6) is 1.78. The first-order chi connectivity index (χ1) is 13.6. The molecule has 7 nitrogen and oxygen atoms in total. The van der Waals surface area contributed by atoms with Crippen molar-refractivity contribution in [1.82, 2.24) is 15.1 Å². The highest BCUT2D eigenvalue weighted by atomic mass is 16.5. The number of benzene rings is 2. The molecule has 0 radical (unpaired) electrons. The third kappa shape index (κ3) is 4.49. The number of ether oxygens (including phenoxy) is 2. The number of amides is 1. The highest BCUT2D eigenvalue weighted by Crippen LogP contribution is 2.29. The van der Waals surface area contributed by atoms with Crippen LogP contribution < -0.4 is 9.47 Å². The first-order valence-corrected chi connectivity index (χ1v) is 9.15. The number of aromatic nitrogens is 2. The van der Waals surface area contributed by atoms with Gasteiger partial charge in [0.25, 0.3) is 5.91 Å². The van der Waals surface area contributed by atoms with Crippen molar-refractivity contribution >= 4 is 5.91 Å². The Balaban J connectivity index is 1.72. The van der Waals surface area contributed by atoms with Gasteiger partial charge in [0.15, 0.2) is 11.5 Å². The topological polar surface area (TPSA) is 77.7 Å². The lowest BCUT2D eigenvalue weighted by atomic mass is 10.1.